The fourth-order valence-electron chi connectivity index (χ4n) is 2.08. The molecule has 1 rings (SSSR count). The second-order valence-corrected chi connectivity index (χ2v) is 5.19. The monoisotopic (exact) mass is 280 g/mol. The van der Waals surface area contributed by atoms with Crippen molar-refractivity contribution in [3.05, 3.63) is 35.6 Å². The molecule has 0 radical (unpaired) electrons. The minimum atomic E-state index is -0.223. The second-order valence-electron chi connectivity index (χ2n) is 5.19. The van der Waals surface area contributed by atoms with Crippen LogP contribution >= 0.6 is 0 Å². The number of hydrogen-bond donors (Lipinski definition) is 2. The lowest BCUT2D eigenvalue weighted by atomic mass is 10.1. The standard InChI is InChI=1S/C16H25FN2O/c1-4-15(5-2)19-16(20)11-18-12(3)10-13-6-8-14(17)9-7-13/h6-9,12,15,18H,4-5,10-11H2,1-3H3,(H,19,20). The van der Waals surface area contributed by atoms with E-state index in [1.165, 1.54) is 12.1 Å². The van der Waals surface area contributed by atoms with Crippen LogP contribution in [-0.4, -0.2) is 24.5 Å². The van der Waals surface area contributed by atoms with Crippen molar-refractivity contribution in [3.8, 4) is 0 Å². The molecule has 0 saturated heterocycles. The summed E-state index contributed by atoms with van der Waals surface area (Å²) in [5.74, 6) is -0.191. The van der Waals surface area contributed by atoms with Gasteiger partial charge in [-0.25, -0.2) is 4.39 Å². The van der Waals surface area contributed by atoms with E-state index in [4.69, 9.17) is 0 Å². The minimum absolute atomic E-state index is 0.0321. The predicted molar refractivity (Wildman–Crippen MR) is 80.1 cm³/mol. The maximum absolute atomic E-state index is 12.8. The smallest absolute Gasteiger partial charge is 0.234 e. The first kappa shape index (κ1) is 16.6. The third kappa shape index (κ3) is 6.15. The van der Waals surface area contributed by atoms with Crippen LogP contribution in [0, 0.1) is 5.82 Å². The minimum Gasteiger partial charge on any atom is -0.352 e. The zero-order chi connectivity index (χ0) is 15.0. The Labute approximate surface area is 121 Å². The Morgan fingerprint density at radius 3 is 2.35 bits per heavy atom. The summed E-state index contributed by atoms with van der Waals surface area (Å²) < 4.78 is 12.8. The van der Waals surface area contributed by atoms with E-state index >= 15 is 0 Å². The molecule has 0 fully saturated rings. The number of nitrogens with one attached hydrogen (secondary N) is 2. The second kappa shape index (κ2) is 8.69. The largest absolute Gasteiger partial charge is 0.352 e. The lowest BCUT2D eigenvalue weighted by molar-refractivity contribution is -0.121. The van der Waals surface area contributed by atoms with Gasteiger partial charge in [0.15, 0.2) is 0 Å². The molecule has 2 N–H and O–H groups in total. The summed E-state index contributed by atoms with van der Waals surface area (Å²) in [6, 6.07) is 6.91. The SMILES string of the molecule is CCC(CC)NC(=O)CNC(C)Cc1ccc(F)cc1. The summed E-state index contributed by atoms with van der Waals surface area (Å²) in [6.45, 7) is 6.48. The van der Waals surface area contributed by atoms with Gasteiger partial charge in [0.05, 0.1) is 6.54 Å². The van der Waals surface area contributed by atoms with E-state index in [1.807, 2.05) is 6.92 Å². The fraction of sp³-hybridized carbons (Fsp3) is 0.562. The van der Waals surface area contributed by atoms with Gasteiger partial charge in [-0.05, 0) is 43.9 Å². The lowest BCUT2D eigenvalue weighted by Gasteiger charge is -2.17. The van der Waals surface area contributed by atoms with Gasteiger partial charge in [0, 0.05) is 12.1 Å². The Morgan fingerprint density at radius 1 is 1.20 bits per heavy atom. The van der Waals surface area contributed by atoms with Gasteiger partial charge in [-0.2, -0.15) is 0 Å². The molecule has 4 heteroatoms. The summed E-state index contributed by atoms with van der Waals surface area (Å²) in [7, 11) is 0. The summed E-state index contributed by atoms with van der Waals surface area (Å²) >= 11 is 0. The molecule has 0 heterocycles. The van der Waals surface area contributed by atoms with Gasteiger partial charge in [0.2, 0.25) is 5.91 Å². The van der Waals surface area contributed by atoms with Gasteiger partial charge in [-0.1, -0.05) is 26.0 Å². The number of carbonyl (C=O) groups is 1. The highest BCUT2D eigenvalue weighted by atomic mass is 19.1. The zero-order valence-corrected chi connectivity index (χ0v) is 12.6. The van der Waals surface area contributed by atoms with Gasteiger partial charge >= 0.3 is 0 Å². The first-order chi connectivity index (χ1) is 9.55. The highest BCUT2D eigenvalue weighted by Crippen LogP contribution is 2.05. The molecule has 0 bridgehead atoms. The van der Waals surface area contributed by atoms with Crippen LogP contribution in [0.1, 0.15) is 39.2 Å². The van der Waals surface area contributed by atoms with E-state index in [0.717, 1.165) is 24.8 Å². The van der Waals surface area contributed by atoms with Crippen LogP contribution < -0.4 is 10.6 Å². The normalized spacial score (nSPS) is 12.4. The highest BCUT2D eigenvalue weighted by molar-refractivity contribution is 5.78. The maximum atomic E-state index is 12.8. The molecular formula is C16H25FN2O. The summed E-state index contributed by atoms with van der Waals surface area (Å²) in [4.78, 5) is 11.7. The Bertz CT molecular complexity index is 401. The Hall–Kier alpha value is -1.42. The van der Waals surface area contributed by atoms with Crippen molar-refractivity contribution in [1.82, 2.24) is 10.6 Å². The molecule has 3 nitrogen and oxygen atoms in total. The Kier molecular flexibility index (Phi) is 7.23. The number of rotatable bonds is 8. The maximum Gasteiger partial charge on any atom is 0.234 e. The first-order valence-electron chi connectivity index (χ1n) is 7.32. The van der Waals surface area contributed by atoms with Crippen LogP contribution in [0.25, 0.3) is 0 Å². The van der Waals surface area contributed by atoms with Crippen molar-refractivity contribution in [1.29, 1.82) is 0 Å². The van der Waals surface area contributed by atoms with Crippen molar-refractivity contribution in [2.24, 2.45) is 0 Å². The van der Waals surface area contributed by atoms with Crippen LogP contribution in [0.5, 0.6) is 0 Å². The van der Waals surface area contributed by atoms with Crippen LogP contribution in [0.4, 0.5) is 4.39 Å². The number of amides is 1. The molecule has 0 aliphatic heterocycles. The van der Waals surface area contributed by atoms with Gasteiger partial charge < -0.3 is 10.6 Å². The number of carbonyl (C=O) groups excluding carboxylic acids is 1. The van der Waals surface area contributed by atoms with Gasteiger partial charge in [0.1, 0.15) is 5.82 Å². The van der Waals surface area contributed by atoms with Gasteiger partial charge in [0.25, 0.3) is 0 Å². The van der Waals surface area contributed by atoms with Crippen LogP contribution in [0.2, 0.25) is 0 Å². The van der Waals surface area contributed by atoms with Crippen molar-refractivity contribution >= 4 is 5.91 Å². The fourth-order valence-corrected chi connectivity index (χ4v) is 2.08. The molecule has 112 valence electrons. The van der Waals surface area contributed by atoms with Crippen molar-refractivity contribution in [2.45, 2.75) is 52.1 Å². The topological polar surface area (TPSA) is 41.1 Å². The average Bonchev–Trinajstić information content (AvgIpc) is 2.45. The van der Waals surface area contributed by atoms with Gasteiger partial charge in [-0.15, -0.1) is 0 Å². The van der Waals surface area contributed by atoms with Crippen LogP contribution in [-0.2, 0) is 11.2 Å². The molecule has 0 aliphatic carbocycles. The Balaban J connectivity index is 2.30. The molecule has 1 aromatic carbocycles. The third-order valence-corrected chi connectivity index (χ3v) is 3.42. The quantitative estimate of drug-likeness (QED) is 0.768. The summed E-state index contributed by atoms with van der Waals surface area (Å²) in [5.41, 5.74) is 1.06. The predicted octanol–water partition coefficient (Wildman–Crippen LogP) is 2.65. The molecule has 0 saturated carbocycles. The van der Waals surface area contributed by atoms with Gasteiger partial charge in [-0.3, -0.25) is 4.79 Å². The zero-order valence-electron chi connectivity index (χ0n) is 12.6. The molecular weight excluding hydrogens is 255 g/mol. The van der Waals surface area contributed by atoms with Crippen LogP contribution in [0.3, 0.4) is 0 Å². The van der Waals surface area contributed by atoms with E-state index in [2.05, 4.69) is 24.5 Å². The first-order valence-corrected chi connectivity index (χ1v) is 7.32. The average molecular weight is 280 g/mol. The number of benzene rings is 1. The van der Waals surface area contributed by atoms with Crippen molar-refractivity contribution in [3.63, 3.8) is 0 Å². The molecule has 0 aliphatic rings. The van der Waals surface area contributed by atoms with Crippen LogP contribution in [0.15, 0.2) is 24.3 Å². The Morgan fingerprint density at radius 2 is 1.80 bits per heavy atom. The number of halogens is 1. The summed E-state index contributed by atoms with van der Waals surface area (Å²) in [5, 5.41) is 6.19. The highest BCUT2D eigenvalue weighted by Gasteiger charge is 2.10. The molecule has 0 spiro atoms. The van der Waals surface area contributed by atoms with Crippen molar-refractivity contribution in [2.75, 3.05) is 6.54 Å². The molecule has 1 unspecified atom stereocenters. The molecule has 1 aromatic rings. The molecule has 0 aromatic heterocycles. The third-order valence-electron chi connectivity index (χ3n) is 3.42. The van der Waals surface area contributed by atoms with E-state index < -0.39 is 0 Å². The van der Waals surface area contributed by atoms with Crippen molar-refractivity contribution < 1.29 is 9.18 Å². The molecule has 1 amide bonds. The van der Waals surface area contributed by atoms with E-state index in [9.17, 15) is 9.18 Å². The summed E-state index contributed by atoms with van der Waals surface area (Å²) in [6.07, 6.45) is 2.68. The molecule has 20 heavy (non-hydrogen) atoms. The van der Waals surface area contributed by atoms with E-state index in [-0.39, 0.29) is 23.8 Å². The van der Waals surface area contributed by atoms with E-state index in [1.54, 1.807) is 12.1 Å². The number of hydrogen-bond acceptors (Lipinski definition) is 2. The van der Waals surface area contributed by atoms with E-state index in [0.29, 0.717) is 6.54 Å². The lowest BCUT2D eigenvalue weighted by Crippen LogP contribution is -2.42. The molecule has 1 atom stereocenters.